The number of nitrogens with zero attached hydrogens (tertiary/aromatic N) is 4. The molecule has 10 aromatic rings. The van der Waals surface area contributed by atoms with Crippen LogP contribution in [0.5, 0.6) is 0 Å². The molecule has 0 spiro atoms. The van der Waals surface area contributed by atoms with Crippen molar-refractivity contribution in [1.29, 1.82) is 10.5 Å². The van der Waals surface area contributed by atoms with Crippen LogP contribution in [0.3, 0.4) is 0 Å². The van der Waals surface area contributed by atoms with Crippen LogP contribution in [0.25, 0.3) is 88.4 Å². The van der Waals surface area contributed by atoms with Crippen LogP contribution in [0, 0.1) is 36.5 Å². The number of rotatable bonds is 5. The van der Waals surface area contributed by atoms with Crippen molar-refractivity contribution in [1.82, 2.24) is 9.13 Å². The third-order valence-corrected chi connectivity index (χ3v) is 11.7. The largest absolute Gasteiger partial charge is 0.417 e. The standard InChI is InChI=1S/C53H33F3N4/c1-32-11-3-5-13-38(32)35-20-23-49-43(26-35)41-15-7-9-17-47(41)59(49)51-29-45(40-22-19-34(30-57)25-46(40)53(54,55)56)52(28-37(51)31-58)60-48-18-10-8-16-42(48)44-27-36(21-24-50(44)60)39-14-6-4-12-33(39)2/h3-29H,1-2H3. The smallest absolute Gasteiger partial charge is 0.309 e. The van der Waals surface area contributed by atoms with Crippen molar-refractivity contribution in [2.75, 3.05) is 0 Å². The highest BCUT2D eigenvalue weighted by Crippen LogP contribution is 2.45. The Hall–Kier alpha value is -7.87. The van der Waals surface area contributed by atoms with Gasteiger partial charge in [0, 0.05) is 27.1 Å². The third kappa shape index (κ3) is 5.74. The van der Waals surface area contributed by atoms with Gasteiger partial charge in [-0.3, -0.25) is 0 Å². The molecule has 2 heterocycles. The second kappa shape index (κ2) is 13.9. The van der Waals surface area contributed by atoms with E-state index in [1.54, 1.807) is 12.1 Å². The molecule has 2 aromatic heterocycles. The molecule has 0 atom stereocenters. The van der Waals surface area contributed by atoms with Gasteiger partial charge in [0.2, 0.25) is 0 Å². The molecule has 0 radical (unpaired) electrons. The Labute approximate surface area is 343 Å². The van der Waals surface area contributed by atoms with Crippen LogP contribution in [0.4, 0.5) is 13.2 Å². The summed E-state index contributed by atoms with van der Waals surface area (Å²) in [5.41, 5.74) is 9.87. The van der Waals surface area contributed by atoms with Gasteiger partial charge in [0.05, 0.1) is 56.2 Å². The summed E-state index contributed by atoms with van der Waals surface area (Å²) >= 11 is 0. The Kier molecular flexibility index (Phi) is 8.45. The number of benzene rings is 8. The minimum atomic E-state index is -4.80. The average Bonchev–Trinajstić information content (AvgIpc) is 3.78. The van der Waals surface area contributed by atoms with Crippen LogP contribution < -0.4 is 0 Å². The molecule has 8 aromatic carbocycles. The molecule has 4 nitrogen and oxygen atoms in total. The van der Waals surface area contributed by atoms with Crippen LogP contribution in [-0.2, 0) is 6.18 Å². The van der Waals surface area contributed by atoms with Crippen molar-refractivity contribution < 1.29 is 13.2 Å². The van der Waals surface area contributed by atoms with Crippen LogP contribution >= 0.6 is 0 Å². The molecule has 0 saturated heterocycles. The number of para-hydroxylation sites is 2. The Balaban J connectivity index is 1.31. The lowest BCUT2D eigenvalue weighted by Gasteiger charge is -2.21. The molecule has 0 N–H and O–H groups in total. The predicted molar refractivity (Wildman–Crippen MR) is 235 cm³/mol. The first-order valence-electron chi connectivity index (χ1n) is 19.5. The monoisotopic (exact) mass is 782 g/mol. The highest BCUT2D eigenvalue weighted by Gasteiger charge is 2.35. The summed E-state index contributed by atoms with van der Waals surface area (Å²) in [6, 6.07) is 55.9. The minimum Gasteiger partial charge on any atom is -0.309 e. The maximum Gasteiger partial charge on any atom is 0.417 e. The lowest BCUT2D eigenvalue weighted by atomic mass is 9.93. The topological polar surface area (TPSA) is 57.4 Å². The maximum atomic E-state index is 15.2. The molecule has 0 aliphatic carbocycles. The van der Waals surface area contributed by atoms with Crippen molar-refractivity contribution >= 4 is 43.6 Å². The molecule has 0 fully saturated rings. The first-order valence-corrected chi connectivity index (χ1v) is 19.5. The molecule has 286 valence electrons. The molecular weight excluding hydrogens is 750 g/mol. The van der Waals surface area contributed by atoms with E-state index in [1.807, 2.05) is 112 Å². The zero-order valence-corrected chi connectivity index (χ0v) is 32.5. The number of alkyl halides is 3. The summed E-state index contributed by atoms with van der Waals surface area (Å²) in [7, 11) is 0. The zero-order valence-electron chi connectivity index (χ0n) is 32.5. The molecule has 0 aliphatic rings. The molecule has 0 aliphatic heterocycles. The van der Waals surface area contributed by atoms with Gasteiger partial charge in [0.25, 0.3) is 0 Å². The molecule has 0 bridgehead atoms. The summed E-state index contributed by atoms with van der Waals surface area (Å²) in [5.74, 6) is 0. The average molecular weight is 783 g/mol. The van der Waals surface area contributed by atoms with Crippen molar-refractivity contribution in [3.8, 4) is 56.9 Å². The third-order valence-electron chi connectivity index (χ3n) is 11.7. The van der Waals surface area contributed by atoms with Crippen molar-refractivity contribution in [2.24, 2.45) is 0 Å². The number of hydrogen-bond acceptors (Lipinski definition) is 2. The van der Waals surface area contributed by atoms with Crippen LogP contribution in [-0.4, -0.2) is 9.13 Å². The van der Waals surface area contributed by atoms with E-state index in [9.17, 15) is 10.5 Å². The van der Waals surface area contributed by atoms with E-state index < -0.39 is 11.7 Å². The fourth-order valence-electron chi connectivity index (χ4n) is 8.93. The van der Waals surface area contributed by atoms with Gasteiger partial charge in [-0.1, -0.05) is 103 Å². The number of nitriles is 2. The van der Waals surface area contributed by atoms with Crippen molar-refractivity contribution in [3.05, 3.63) is 192 Å². The lowest BCUT2D eigenvalue weighted by Crippen LogP contribution is -2.10. The fraction of sp³-hybridized carbons (Fsp3) is 0.0566. The summed E-state index contributed by atoms with van der Waals surface area (Å²) in [5, 5.41) is 24.5. The van der Waals surface area contributed by atoms with Gasteiger partial charge >= 0.3 is 6.18 Å². The van der Waals surface area contributed by atoms with Gasteiger partial charge < -0.3 is 9.13 Å². The number of aryl methyl sites for hydroxylation is 2. The zero-order chi connectivity index (χ0) is 41.3. The molecule has 60 heavy (non-hydrogen) atoms. The molecule has 10 rings (SSSR count). The highest BCUT2D eigenvalue weighted by molar-refractivity contribution is 6.12. The van der Waals surface area contributed by atoms with Gasteiger partial charge in [-0.15, -0.1) is 0 Å². The lowest BCUT2D eigenvalue weighted by molar-refractivity contribution is -0.137. The fourth-order valence-corrected chi connectivity index (χ4v) is 8.93. The van der Waals surface area contributed by atoms with Crippen molar-refractivity contribution in [2.45, 2.75) is 20.0 Å². The van der Waals surface area contributed by atoms with E-state index in [2.05, 4.69) is 56.3 Å². The Morgan fingerprint density at radius 3 is 1.45 bits per heavy atom. The van der Waals surface area contributed by atoms with Crippen LogP contribution in [0.2, 0.25) is 0 Å². The molecule has 7 heteroatoms. The minimum absolute atomic E-state index is 0.103. The predicted octanol–water partition coefficient (Wildman–Crippen LogP) is 14.3. The summed E-state index contributed by atoms with van der Waals surface area (Å²) in [6.07, 6.45) is -4.80. The highest BCUT2D eigenvalue weighted by atomic mass is 19.4. The summed E-state index contributed by atoms with van der Waals surface area (Å²) in [4.78, 5) is 0. The van der Waals surface area contributed by atoms with E-state index in [0.29, 0.717) is 11.4 Å². The molecular formula is C53H33F3N4. The first-order chi connectivity index (χ1) is 29.1. The van der Waals surface area contributed by atoms with E-state index in [-0.39, 0.29) is 22.3 Å². The van der Waals surface area contributed by atoms with Gasteiger partial charge in [-0.05, 0) is 113 Å². The van der Waals surface area contributed by atoms with Crippen molar-refractivity contribution in [3.63, 3.8) is 0 Å². The number of hydrogen-bond donors (Lipinski definition) is 0. The van der Waals surface area contributed by atoms with E-state index in [4.69, 9.17) is 0 Å². The quantitative estimate of drug-likeness (QED) is 0.175. The second-order valence-corrected chi connectivity index (χ2v) is 15.2. The number of fused-ring (bicyclic) bond motifs is 6. The van der Waals surface area contributed by atoms with Crippen LogP contribution in [0.15, 0.2) is 164 Å². The molecule has 0 unspecified atom stereocenters. The van der Waals surface area contributed by atoms with Gasteiger partial charge in [0.1, 0.15) is 6.07 Å². The first kappa shape index (κ1) is 36.5. The number of halogens is 3. The Morgan fingerprint density at radius 2 is 0.933 bits per heavy atom. The van der Waals surface area contributed by atoms with Gasteiger partial charge in [-0.25, -0.2) is 0 Å². The molecule has 0 amide bonds. The summed E-state index contributed by atoms with van der Waals surface area (Å²) in [6.45, 7) is 4.14. The van der Waals surface area contributed by atoms with Gasteiger partial charge in [0.15, 0.2) is 0 Å². The van der Waals surface area contributed by atoms with Crippen LogP contribution in [0.1, 0.15) is 27.8 Å². The SMILES string of the molecule is Cc1ccccc1-c1ccc2c(c1)c1ccccc1n2-c1cc(-c2ccc(C#N)cc2C(F)(F)F)c(-n2c3ccccc3c3cc(-c4ccccc4C)ccc32)cc1C#N. The maximum absolute atomic E-state index is 15.2. The Morgan fingerprint density at radius 1 is 0.433 bits per heavy atom. The second-order valence-electron chi connectivity index (χ2n) is 15.2. The molecule has 0 saturated carbocycles. The number of aromatic nitrogens is 2. The van der Waals surface area contributed by atoms with E-state index >= 15 is 13.2 Å². The normalized spacial score (nSPS) is 11.7. The summed E-state index contributed by atoms with van der Waals surface area (Å²) < 4.78 is 49.7. The Bertz CT molecular complexity index is 3480. The van der Waals surface area contributed by atoms with E-state index in [1.165, 1.54) is 12.1 Å². The van der Waals surface area contributed by atoms with Gasteiger partial charge in [-0.2, -0.15) is 23.7 Å². The van der Waals surface area contributed by atoms with E-state index in [0.717, 1.165) is 83.1 Å².